The molecule has 1 amide bonds. The number of rotatable bonds is 5. The third-order valence-electron chi connectivity index (χ3n) is 4.52. The number of amidine groups is 1. The predicted molar refractivity (Wildman–Crippen MR) is 108 cm³/mol. The van der Waals surface area contributed by atoms with Crippen LogP contribution in [0.3, 0.4) is 0 Å². The van der Waals surface area contributed by atoms with Crippen molar-refractivity contribution in [2.24, 2.45) is 10.9 Å². The number of hydrogen-bond acceptors (Lipinski definition) is 6. The fraction of sp³-hybridized carbons (Fsp3) is 0.556. The van der Waals surface area contributed by atoms with E-state index in [1.54, 1.807) is 26.4 Å². The first-order valence-corrected chi connectivity index (χ1v) is 11.4. The SMILES string of the molecule is COc1ccc(N2C(=NC(=O)CC(C)C)SC3CS(=O)(=O)CC32)cc1OC. The number of aliphatic imine (C=N–C) groups is 1. The van der Waals surface area contributed by atoms with Gasteiger partial charge in [-0.15, -0.1) is 0 Å². The van der Waals surface area contributed by atoms with Gasteiger partial charge < -0.3 is 14.4 Å². The molecule has 2 fully saturated rings. The first-order valence-electron chi connectivity index (χ1n) is 8.74. The summed E-state index contributed by atoms with van der Waals surface area (Å²) in [5.41, 5.74) is 0.737. The zero-order chi connectivity index (χ0) is 19.8. The average Bonchev–Trinajstić information content (AvgIpc) is 3.04. The third-order valence-corrected chi connectivity index (χ3v) is 7.72. The molecule has 0 radical (unpaired) electrons. The molecule has 1 aromatic carbocycles. The van der Waals surface area contributed by atoms with Gasteiger partial charge in [0, 0.05) is 23.4 Å². The van der Waals surface area contributed by atoms with Crippen LogP contribution in [0.5, 0.6) is 11.5 Å². The highest BCUT2D eigenvalue weighted by Crippen LogP contribution is 2.43. The highest BCUT2D eigenvalue weighted by molar-refractivity contribution is 8.16. The van der Waals surface area contributed by atoms with Crippen molar-refractivity contribution in [3.63, 3.8) is 0 Å². The van der Waals surface area contributed by atoms with Crippen molar-refractivity contribution in [1.82, 2.24) is 0 Å². The van der Waals surface area contributed by atoms with Gasteiger partial charge in [0.15, 0.2) is 26.5 Å². The summed E-state index contributed by atoms with van der Waals surface area (Å²) in [5, 5.41) is 0.423. The number of thioether (sulfide) groups is 1. The maximum Gasteiger partial charge on any atom is 0.248 e. The Kier molecular flexibility index (Phi) is 5.71. The molecule has 27 heavy (non-hydrogen) atoms. The molecule has 3 rings (SSSR count). The smallest absolute Gasteiger partial charge is 0.248 e. The van der Waals surface area contributed by atoms with Gasteiger partial charge in [-0.1, -0.05) is 25.6 Å². The first kappa shape index (κ1) is 20.0. The topological polar surface area (TPSA) is 85.3 Å². The molecule has 7 nitrogen and oxygen atoms in total. The van der Waals surface area contributed by atoms with Gasteiger partial charge in [0.1, 0.15) is 0 Å². The van der Waals surface area contributed by atoms with Crippen LogP contribution in [0.4, 0.5) is 5.69 Å². The molecule has 0 aliphatic carbocycles. The largest absolute Gasteiger partial charge is 0.493 e. The van der Waals surface area contributed by atoms with Gasteiger partial charge in [0.2, 0.25) is 5.91 Å². The van der Waals surface area contributed by atoms with Gasteiger partial charge in [-0.05, 0) is 18.1 Å². The maximum atomic E-state index is 12.3. The molecule has 0 aromatic heterocycles. The van der Waals surface area contributed by atoms with Gasteiger partial charge in [-0.25, -0.2) is 8.42 Å². The zero-order valence-corrected chi connectivity index (χ0v) is 17.5. The summed E-state index contributed by atoms with van der Waals surface area (Å²) in [6, 6.07) is 5.14. The molecule has 0 N–H and O–H groups in total. The second-order valence-electron chi connectivity index (χ2n) is 7.10. The molecule has 2 unspecified atom stereocenters. The molecule has 2 aliphatic rings. The minimum absolute atomic E-state index is 0.0520. The van der Waals surface area contributed by atoms with E-state index in [0.717, 1.165) is 5.69 Å². The number of benzene rings is 1. The fourth-order valence-corrected chi connectivity index (χ4v) is 7.27. The summed E-state index contributed by atoms with van der Waals surface area (Å²) in [5.74, 6) is 1.29. The first-order chi connectivity index (χ1) is 12.7. The number of ether oxygens (including phenoxy) is 2. The lowest BCUT2D eigenvalue weighted by Gasteiger charge is -2.25. The van der Waals surface area contributed by atoms with Crippen LogP contribution in [-0.2, 0) is 14.6 Å². The Morgan fingerprint density at radius 2 is 1.96 bits per heavy atom. The summed E-state index contributed by atoms with van der Waals surface area (Å²) in [4.78, 5) is 18.4. The number of methoxy groups -OCH3 is 2. The number of sulfone groups is 1. The summed E-state index contributed by atoms with van der Waals surface area (Å²) in [7, 11) is -0.00237. The van der Waals surface area contributed by atoms with E-state index in [1.807, 2.05) is 24.8 Å². The molecule has 148 valence electrons. The van der Waals surface area contributed by atoms with E-state index in [9.17, 15) is 13.2 Å². The Bertz CT molecular complexity index is 867. The van der Waals surface area contributed by atoms with Crippen LogP contribution in [-0.4, -0.2) is 56.5 Å². The van der Waals surface area contributed by atoms with Gasteiger partial charge in [-0.3, -0.25) is 4.79 Å². The molecule has 0 spiro atoms. The Labute approximate surface area is 164 Å². The number of hydrogen-bond donors (Lipinski definition) is 0. The van der Waals surface area contributed by atoms with Crippen LogP contribution in [0.15, 0.2) is 23.2 Å². The standard InChI is InChI=1S/C18H24N2O5S2/c1-11(2)7-17(21)19-18-20(13-9-27(22,23)10-16(13)26-18)12-5-6-14(24-3)15(8-12)25-4/h5-6,8,11,13,16H,7,9-10H2,1-4H3. The van der Waals surface area contributed by atoms with E-state index >= 15 is 0 Å². The molecule has 0 saturated carbocycles. The van der Waals surface area contributed by atoms with E-state index in [-0.39, 0.29) is 34.6 Å². The number of nitrogens with zero attached hydrogens (tertiary/aromatic N) is 2. The predicted octanol–water partition coefficient (Wildman–Crippen LogP) is 2.35. The highest BCUT2D eigenvalue weighted by atomic mass is 32.2. The summed E-state index contributed by atoms with van der Waals surface area (Å²) in [6.45, 7) is 3.93. The van der Waals surface area contributed by atoms with Crippen LogP contribution in [0.1, 0.15) is 20.3 Å². The van der Waals surface area contributed by atoms with Crippen molar-refractivity contribution in [3.8, 4) is 11.5 Å². The van der Waals surface area contributed by atoms with Gasteiger partial charge in [0.05, 0.1) is 31.8 Å². The van der Waals surface area contributed by atoms with Crippen molar-refractivity contribution in [2.75, 3.05) is 30.6 Å². The van der Waals surface area contributed by atoms with Crippen LogP contribution < -0.4 is 14.4 Å². The van der Waals surface area contributed by atoms with Crippen LogP contribution in [0.2, 0.25) is 0 Å². The number of amides is 1. The Morgan fingerprint density at radius 3 is 2.59 bits per heavy atom. The van der Waals surface area contributed by atoms with Crippen LogP contribution in [0.25, 0.3) is 0 Å². The third kappa shape index (κ3) is 4.24. The van der Waals surface area contributed by atoms with E-state index in [0.29, 0.717) is 23.1 Å². The normalized spacial score (nSPS) is 25.1. The number of fused-ring (bicyclic) bond motifs is 1. The van der Waals surface area contributed by atoms with E-state index < -0.39 is 9.84 Å². The molecular weight excluding hydrogens is 388 g/mol. The minimum Gasteiger partial charge on any atom is -0.493 e. The fourth-order valence-electron chi connectivity index (χ4n) is 3.34. The highest BCUT2D eigenvalue weighted by Gasteiger charge is 2.49. The summed E-state index contributed by atoms with van der Waals surface area (Å²) < 4.78 is 34.9. The molecule has 1 aromatic rings. The van der Waals surface area contributed by atoms with E-state index in [2.05, 4.69) is 4.99 Å². The molecule has 2 aliphatic heterocycles. The lowest BCUT2D eigenvalue weighted by atomic mass is 10.1. The zero-order valence-electron chi connectivity index (χ0n) is 15.8. The Hall–Kier alpha value is -1.74. The van der Waals surface area contributed by atoms with E-state index in [4.69, 9.17) is 9.47 Å². The minimum atomic E-state index is -3.10. The van der Waals surface area contributed by atoms with Crippen molar-refractivity contribution in [2.45, 2.75) is 31.6 Å². The molecule has 2 saturated heterocycles. The Morgan fingerprint density at radius 1 is 1.26 bits per heavy atom. The van der Waals surface area contributed by atoms with Crippen LogP contribution in [0, 0.1) is 5.92 Å². The summed E-state index contributed by atoms with van der Waals surface area (Å²) in [6.07, 6.45) is 0.359. The van der Waals surface area contributed by atoms with Gasteiger partial charge >= 0.3 is 0 Å². The number of carbonyl (C=O) groups excluding carboxylic acids is 1. The molecule has 0 bridgehead atoms. The van der Waals surface area contributed by atoms with Crippen molar-refractivity contribution < 1.29 is 22.7 Å². The molecule has 9 heteroatoms. The number of carbonyl (C=O) groups is 1. The van der Waals surface area contributed by atoms with E-state index in [1.165, 1.54) is 11.8 Å². The summed E-state index contributed by atoms with van der Waals surface area (Å²) >= 11 is 1.37. The molecule has 2 atom stereocenters. The second-order valence-corrected chi connectivity index (χ2v) is 10.5. The average molecular weight is 413 g/mol. The lowest BCUT2D eigenvalue weighted by molar-refractivity contribution is -0.118. The van der Waals surface area contributed by atoms with Crippen molar-refractivity contribution in [3.05, 3.63) is 18.2 Å². The quantitative estimate of drug-likeness (QED) is 0.734. The molecule has 2 heterocycles. The van der Waals surface area contributed by atoms with Crippen molar-refractivity contribution in [1.29, 1.82) is 0 Å². The van der Waals surface area contributed by atoms with Crippen LogP contribution >= 0.6 is 11.8 Å². The molecular formula is C18H24N2O5S2. The van der Waals surface area contributed by atoms with Gasteiger partial charge in [0.25, 0.3) is 0 Å². The maximum absolute atomic E-state index is 12.3. The lowest BCUT2D eigenvalue weighted by Crippen LogP contribution is -2.37. The number of anilines is 1. The monoisotopic (exact) mass is 412 g/mol. The Balaban J connectivity index is 2.00. The van der Waals surface area contributed by atoms with Gasteiger partial charge in [-0.2, -0.15) is 4.99 Å². The van der Waals surface area contributed by atoms with Crippen molar-refractivity contribution >= 4 is 38.4 Å². The second kappa shape index (κ2) is 7.71.